The van der Waals surface area contributed by atoms with Gasteiger partial charge in [-0.25, -0.2) is 4.79 Å². The Balaban J connectivity index is 2.34. The van der Waals surface area contributed by atoms with Crippen molar-refractivity contribution in [3.63, 3.8) is 0 Å². The second-order valence-corrected chi connectivity index (χ2v) is 5.16. The maximum absolute atomic E-state index is 11.9. The number of esters is 1. The molecular weight excluding hydrogens is 288 g/mol. The molecule has 0 bridgehead atoms. The molecule has 5 heteroatoms. The molecule has 2 rings (SSSR count). The van der Waals surface area contributed by atoms with Crippen molar-refractivity contribution in [1.29, 1.82) is 0 Å². The van der Waals surface area contributed by atoms with Crippen LogP contribution in [0.1, 0.15) is 15.9 Å². The van der Waals surface area contributed by atoms with Crippen molar-refractivity contribution in [2.45, 2.75) is 6.54 Å². The number of nitrogens with zero attached hydrogens (tertiary/aromatic N) is 1. The van der Waals surface area contributed by atoms with Gasteiger partial charge in [-0.15, -0.1) is 0 Å². The normalized spacial score (nSPS) is 10.2. The number of methoxy groups -OCH3 is 1. The largest absolute Gasteiger partial charge is 0.465 e. The summed E-state index contributed by atoms with van der Waals surface area (Å²) in [5.74, 6) is -0.407. The van der Waals surface area contributed by atoms with Gasteiger partial charge in [-0.3, -0.25) is 0 Å². The number of benzene rings is 2. The van der Waals surface area contributed by atoms with Gasteiger partial charge in [0.1, 0.15) is 0 Å². The maximum Gasteiger partial charge on any atom is 0.340 e. The van der Waals surface area contributed by atoms with Gasteiger partial charge in [-0.1, -0.05) is 29.8 Å². The third-order valence-corrected chi connectivity index (χ3v) is 3.40. The first-order valence-electron chi connectivity index (χ1n) is 6.45. The van der Waals surface area contributed by atoms with Crippen molar-refractivity contribution in [2.24, 2.45) is 0 Å². The average molecular weight is 305 g/mol. The van der Waals surface area contributed by atoms with Crippen molar-refractivity contribution in [2.75, 3.05) is 24.8 Å². The zero-order valence-electron chi connectivity index (χ0n) is 12.0. The molecule has 21 heavy (non-hydrogen) atoms. The molecule has 0 radical (unpaired) electrons. The Kier molecular flexibility index (Phi) is 4.70. The molecular formula is C16H17ClN2O2. The van der Waals surface area contributed by atoms with Crippen LogP contribution in [0.25, 0.3) is 0 Å². The Hall–Kier alpha value is -2.20. The SMILES string of the molecule is COC(=O)c1cccc(N)c1N(C)Cc1cccc(Cl)c1. The molecule has 0 aliphatic carbocycles. The van der Waals surface area contributed by atoms with Crippen molar-refractivity contribution in [1.82, 2.24) is 0 Å². The molecule has 0 amide bonds. The van der Waals surface area contributed by atoms with Crippen LogP contribution in [0.4, 0.5) is 11.4 Å². The Morgan fingerprint density at radius 2 is 2.00 bits per heavy atom. The zero-order chi connectivity index (χ0) is 15.4. The molecule has 0 saturated heterocycles. The van der Waals surface area contributed by atoms with E-state index in [-0.39, 0.29) is 0 Å². The van der Waals surface area contributed by atoms with Gasteiger partial charge in [0.15, 0.2) is 0 Å². The van der Waals surface area contributed by atoms with E-state index in [0.717, 1.165) is 5.56 Å². The van der Waals surface area contributed by atoms with Crippen molar-refractivity contribution in [3.8, 4) is 0 Å². The smallest absolute Gasteiger partial charge is 0.340 e. The fourth-order valence-corrected chi connectivity index (χ4v) is 2.46. The zero-order valence-corrected chi connectivity index (χ0v) is 12.7. The molecule has 0 spiro atoms. The lowest BCUT2D eigenvalue weighted by molar-refractivity contribution is 0.0601. The second kappa shape index (κ2) is 6.50. The molecule has 0 unspecified atom stereocenters. The minimum atomic E-state index is -0.407. The fraction of sp³-hybridized carbons (Fsp3) is 0.188. The predicted octanol–water partition coefficient (Wildman–Crippen LogP) is 3.35. The number of nitrogen functional groups attached to an aromatic ring is 1. The van der Waals surface area contributed by atoms with Crippen LogP contribution in [0.2, 0.25) is 5.02 Å². The molecule has 0 aliphatic rings. The summed E-state index contributed by atoms with van der Waals surface area (Å²) >= 11 is 5.99. The van der Waals surface area contributed by atoms with E-state index in [1.54, 1.807) is 18.2 Å². The van der Waals surface area contributed by atoms with E-state index < -0.39 is 5.97 Å². The number of nitrogens with two attached hydrogens (primary N) is 1. The van der Waals surface area contributed by atoms with Gasteiger partial charge >= 0.3 is 5.97 Å². The van der Waals surface area contributed by atoms with Gasteiger partial charge < -0.3 is 15.4 Å². The summed E-state index contributed by atoms with van der Waals surface area (Å²) in [6.45, 7) is 0.582. The summed E-state index contributed by atoms with van der Waals surface area (Å²) in [5.41, 5.74) is 8.69. The van der Waals surface area contributed by atoms with Crippen LogP contribution < -0.4 is 10.6 Å². The summed E-state index contributed by atoms with van der Waals surface area (Å²) < 4.78 is 4.81. The summed E-state index contributed by atoms with van der Waals surface area (Å²) in [7, 11) is 3.23. The van der Waals surface area contributed by atoms with Crippen molar-refractivity contribution < 1.29 is 9.53 Å². The highest BCUT2D eigenvalue weighted by atomic mass is 35.5. The average Bonchev–Trinajstić information content (AvgIpc) is 2.46. The van der Waals surface area contributed by atoms with E-state index in [4.69, 9.17) is 22.1 Å². The summed E-state index contributed by atoms with van der Waals surface area (Å²) in [6.07, 6.45) is 0. The molecule has 2 N–H and O–H groups in total. The van der Waals surface area contributed by atoms with Crippen molar-refractivity contribution >= 4 is 28.9 Å². The van der Waals surface area contributed by atoms with Gasteiger partial charge in [-0.05, 0) is 29.8 Å². The van der Waals surface area contributed by atoms with E-state index in [1.807, 2.05) is 36.2 Å². The topological polar surface area (TPSA) is 55.6 Å². The summed E-state index contributed by atoms with van der Waals surface area (Å²) in [4.78, 5) is 13.8. The Bertz CT molecular complexity index is 658. The highest BCUT2D eigenvalue weighted by Crippen LogP contribution is 2.29. The molecule has 2 aromatic carbocycles. The first kappa shape index (κ1) is 15.2. The highest BCUT2D eigenvalue weighted by Gasteiger charge is 2.17. The number of carbonyl (C=O) groups is 1. The van der Waals surface area contributed by atoms with Gasteiger partial charge in [0.2, 0.25) is 0 Å². The van der Waals surface area contributed by atoms with E-state index >= 15 is 0 Å². The van der Waals surface area contributed by atoms with Gasteiger partial charge in [0.25, 0.3) is 0 Å². The minimum absolute atomic E-state index is 0.407. The van der Waals surface area contributed by atoms with Crippen LogP contribution in [-0.4, -0.2) is 20.1 Å². The van der Waals surface area contributed by atoms with Crippen LogP contribution in [-0.2, 0) is 11.3 Å². The Labute approximate surface area is 129 Å². The van der Waals surface area contributed by atoms with Crippen LogP contribution >= 0.6 is 11.6 Å². The van der Waals surface area contributed by atoms with Crippen LogP contribution in [0.15, 0.2) is 42.5 Å². The minimum Gasteiger partial charge on any atom is -0.465 e. The summed E-state index contributed by atoms with van der Waals surface area (Å²) in [6, 6.07) is 12.8. The Morgan fingerprint density at radius 1 is 1.29 bits per heavy atom. The van der Waals surface area contributed by atoms with E-state index in [2.05, 4.69) is 0 Å². The number of hydrogen-bond donors (Lipinski definition) is 1. The van der Waals surface area contributed by atoms with Gasteiger partial charge in [0, 0.05) is 18.6 Å². The second-order valence-electron chi connectivity index (χ2n) is 4.72. The highest BCUT2D eigenvalue weighted by molar-refractivity contribution is 6.30. The quantitative estimate of drug-likeness (QED) is 0.695. The first-order chi connectivity index (χ1) is 10.0. The molecule has 4 nitrogen and oxygen atoms in total. The predicted molar refractivity (Wildman–Crippen MR) is 85.8 cm³/mol. The third kappa shape index (κ3) is 3.47. The lowest BCUT2D eigenvalue weighted by atomic mass is 10.1. The number of anilines is 2. The molecule has 110 valence electrons. The third-order valence-electron chi connectivity index (χ3n) is 3.16. The number of rotatable bonds is 4. The standard InChI is InChI=1S/C16H17ClN2O2/c1-19(10-11-5-3-6-12(17)9-11)15-13(16(20)21-2)7-4-8-14(15)18/h3-9H,10,18H2,1-2H3. The lowest BCUT2D eigenvalue weighted by Crippen LogP contribution is -2.21. The molecule has 0 saturated carbocycles. The van der Waals surface area contributed by atoms with E-state index in [0.29, 0.717) is 28.5 Å². The number of carbonyl (C=O) groups excluding carboxylic acids is 1. The molecule has 0 heterocycles. The number of para-hydroxylation sites is 1. The monoisotopic (exact) mass is 304 g/mol. The van der Waals surface area contributed by atoms with E-state index in [1.165, 1.54) is 7.11 Å². The fourth-order valence-electron chi connectivity index (χ4n) is 2.25. The van der Waals surface area contributed by atoms with E-state index in [9.17, 15) is 4.79 Å². The first-order valence-corrected chi connectivity index (χ1v) is 6.83. The van der Waals surface area contributed by atoms with Crippen LogP contribution in [0.3, 0.4) is 0 Å². The van der Waals surface area contributed by atoms with Crippen molar-refractivity contribution in [3.05, 3.63) is 58.6 Å². The molecule has 0 aromatic heterocycles. The van der Waals surface area contributed by atoms with Crippen LogP contribution in [0, 0.1) is 0 Å². The lowest BCUT2D eigenvalue weighted by Gasteiger charge is -2.23. The number of hydrogen-bond acceptors (Lipinski definition) is 4. The molecule has 0 fully saturated rings. The summed E-state index contributed by atoms with van der Waals surface area (Å²) in [5, 5.41) is 0.676. The molecule has 0 atom stereocenters. The van der Waals surface area contributed by atoms with Gasteiger partial charge in [0.05, 0.1) is 24.0 Å². The molecule has 0 aliphatic heterocycles. The van der Waals surface area contributed by atoms with Gasteiger partial charge in [-0.2, -0.15) is 0 Å². The Morgan fingerprint density at radius 3 is 2.67 bits per heavy atom. The number of ether oxygens (including phenoxy) is 1. The number of halogens is 1. The maximum atomic E-state index is 11.9. The molecule has 2 aromatic rings. The van der Waals surface area contributed by atoms with Crippen LogP contribution in [0.5, 0.6) is 0 Å².